The van der Waals surface area contributed by atoms with Crippen LogP contribution in [0.2, 0.25) is 0 Å². The van der Waals surface area contributed by atoms with Crippen molar-refractivity contribution in [2.75, 3.05) is 0 Å². The highest BCUT2D eigenvalue weighted by Crippen LogP contribution is 2.42. The van der Waals surface area contributed by atoms with Crippen LogP contribution in [0.1, 0.15) is 102 Å². The first-order valence-electron chi connectivity index (χ1n) is 13.7. The van der Waals surface area contributed by atoms with Gasteiger partial charge in [0.25, 0.3) is 0 Å². The Labute approximate surface area is 195 Å². The molecule has 0 saturated heterocycles. The van der Waals surface area contributed by atoms with Crippen LogP contribution in [0.25, 0.3) is 0 Å². The zero-order chi connectivity index (χ0) is 22.3. The van der Waals surface area contributed by atoms with E-state index in [1.807, 2.05) is 0 Å². The molecule has 2 heteroatoms. The van der Waals surface area contributed by atoms with Gasteiger partial charge in [-0.3, -0.25) is 0 Å². The van der Waals surface area contributed by atoms with E-state index in [2.05, 4.69) is 19.1 Å². The monoisotopic (exact) mass is 442 g/mol. The molecule has 0 nitrogen and oxygen atoms in total. The third-order valence-electron chi connectivity index (χ3n) is 9.32. The minimum absolute atomic E-state index is 0.714. The summed E-state index contributed by atoms with van der Waals surface area (Å²) in [4.78, 5) is 0. The van der Waals surface area contributed by atoms with Gasteiger partial charge in [-0.25, -0.2) is 8.78 Å². The fourth-order valence-corrected chi connectivity index (χ4v) is 6.93. The molecule has 3 aliphatic carbocycles. The standard InChI is InChI=1S/C30H44F2/c1-2-22-11-16-27(17-12-22)28-18-13-25(14-19-28)8-7-23-3-5-24(6-4-23)9-10-26-15-20-29(31)30(32)21-26/h7-8,15,20-25,27-28H,2-6,9-14,16-19H2,1H3. The maximum atomic E-state index is 13.4. The Hall–Kier alpha value is -1.18. The third kappa shape index (κ3) is 6.67. The molecule has 0 amide bonds. The van der Waals surface area contributed by atoms with Gasteiger partial charge in [0.15, 0.2) is 11.6 Å². The maximum Gasteiger partial charge on any atom is 0.159 e. The van der Waals surface area contributed by atoms with Crippen molar-refractivity contribution >= 4 is 0 Å². The van der Waals surface area contributed by atoms with Gasteiger partial charge in [0.2, 0.25) is 0 Å². The summed E-state index contributed by atoms with van der Waals surface area (Å²) in [6.45, 7) is 2.37. The van der Waals surface area contributed by atoms with Gasteiger partial charge in [-0.05, 0) is 130 Å². The summed E-state index contributed by atoms with van der Waals surface area (Å²) >= 11 is 0. The lowest BCUT2D eigenvalue weighted by molar-refractivity contribution is 0.154. The van der Waals surface area contributed by atoms with E-state index in [0.29, 0.717) is 0 Å². The molecule has 0 unspecified atom stereocenters. The first-order valence-corrected chi connectivity index (χ1v) is 13.7. The molecule has 0 bridgehead atoms. The first kappa shape index (κ1) is 24.0. The Morgan fingerprint density at radius 3 is 1.78 bits per heavy atom. The quantitative estimate of drug-likeness (QED) is 0.369. The average molecular weight is 443 g/mol. The van der Waals surface area contributed by atoms with E-state index in [0.717, 1.165) is 53.9 Å². The average Bonchev–Trinajstić information content (AvgIpc) is 2.84. The summed E-state index contributed by atoms with van der Waals surface area (Å²) in [5.41, 5.74) is 0.930. The topological polar surface area (TPSA) is 0 Å². The maximum absolute atomic E-state index is 13.4. The summed E-state index contributed by atoms with van der Waals surface area (Å²) in [6, 6.07) is 4.36. The minimum Gasteiger partial charge on any atom is -0.204 e. The molecule has 3 fully saturated rings. The van der Waals surface area contributed by atoms with Crippen LogP contribution in [0.3, 0.4) is 0 Å². The summed E-state index contributed by atoms with van der Waals surface area (Å²) in [5, 5.41) is 0. The summed E-state index contributed by atoms with van der Waals surface area (Å²) < 4.78 is 26.5. The molecule has 4 rings (SSSR count). The Kier molecular flexibility index (Phi) is 8.83. The smallest absolute Gasteiger partial charge is 0.159 e. The second kappa shape index (κ2) is 11.8. The lowest BCUT2D eigenvalue weighted by Gasteiger charge is -2.37. The van der Waals surface area contributed by atoms with Crippen LogP contribution in [0, 0.1) is 47.1 Å². The number of rotatable bonds is 7. The van der Waals surface area contributed by atoms with E-state index in [-0.39, 0.29) is 0 Å². The second-order valence-electron chi connectivity index (χ2n) is 11.3. The fourth-order valence-electron chi connectivity index (χ4n) is 6.93. The predicted molar refractivity (Wildman–Crippen MR) is 130 cm³/mol. The van der Waals surface area contributed by atoms with Gasteiger partial charge >= 0.3 is 0 Å². The van der Waals surface area contributed by atoms with Gasteiger partial charge in [-0.2, -0.15) is 0 Å². The van der Waals surface area contributed by atoms with Gasteiger partial charge in [0.1, 0.15) is 0 Å². The van der Waals surface area contributed by atoms with Crippen LogP contribution in [-0.4, -0.2) is 0 Å². The first-order chi connectivity index (χ1) is 15.6. The summed E-state index contributed by atoms with van der Waals surface area (Å²) in [7, 11) is 0. The number of halogens is 2. The van der Waals surface area contributed by atoms with Gasteiger partial charge in [-0.1, -0.05) is 44.4 Å². The SMILES string of the molecule is CCC1CCC(C2CCC(C=CC3CCC(CCc4ccc(F)c(F)c4)CC3)CC2)CC1. The molecular formula is C30H44F2. The number of aryl methyl sites for hydroxylation is 1. The summed E-state index contributed by atoms with van der Waals surface area (Å²) in [5.74, 6) is 3.94. The molecule has 0 heterocycles. The van der Waals surface area contributed by atoms with Crippen molar-refractivity contribution < 1.29 is 8.78 Å². The van der Waals surface area contributed by atoms with Gasteiger partial charge in [-0.15, -0.1) is 0 Å². The van der Waals surface area contributed by atoms with Crippen molar-refractivity contribution in [2.24, 2.45) is 35.5 Å². The zero-order valence-corrected chi connectivity index (χ0v) is 20.2. The van der Waals surface area contributed by atoms with Crippen LogP contribution in [-0.2, 0) is 6.42 Å². The highest BCUT2D eigenvalue weighted by atomic mass is 19.2. The normalized spacial score (nSPS) is 34.1. The molecule has 0 aliphatic heterocycles. The van der Waals surface area contributed by atoms with E-state index in [9.17, 15) is 8.78 Å². The molecule has 32 heavy (non-hydrogen) atoms. The van der Waals surface area contributed by atoms with Crippen LogP contribution in [0.15, 0.2) is 30.4 Å². The van der Waals surface area contributed by atoms with Crippen molar-refractivity contribution in [3.8, 4) is 0 Å². The van der Waals surface area contributed by atoms with E-state index in [4.69, 9.17) is 0 Å². The van der Waals surface area contributed by atoms with E-state index in [1.165, 1.54) is 95.6 Å². The molecule has 0 spiro atoms. The molecule has 0 atom stereocenters. The van der Waals surface area contributed by atoms with E-state index >= 15 is 0 Å². The van der Waals surface area contributed by atoms with Crippen LogP contribution in [0.4, 0.5) is 8.78 Å². The summed E-state index contributed by atoms with van der Waals surface area (Å²) in [6.07, 6.45) is 25.4. The molecule has 3 saturated carbocycles. The molecular weight excluding hydrogens is 398 g/mol. The Bertz CT molecular complexity index is 714. The minimum atomic E-state index is -0.742. The largest absolute Gasteiger partial charge is 0.204 e. The molecule has 1 aromatic rings. The van der Waals surface area contributed by atoms with Crippen molar-refractivity contribution in [3.05, 3.63) is 47.5 Å². The molecule has 178 valence electrons. The Balaban J connectivity index is 1.12. The number of hydrogen-bond donors (Lipinski definition) is 0. The molecule has 0 radical (unpaired) electrons. The number of benzene rings is 1. The van der Waals surface area contributed by atoms with Gasteiger partial charge in [0.05, 0.1) is 0 Å². The number of allylic oxidation sites excluding steroid dienone is 2. The molecule has 0 aromatic heterocycles. The highest BCUT2D eigenvalue weighted by molar-refractivity contribution is 5.18. The highest BCUT2D eigenvalue weighted by Gasteiger charge is 2.30. The van der Waals surface area contributed by atoms with Crippen LogP contribution >= 0.6 is 0 Å². The Morgan fingerprint density at radius 1 is 0.688 bits per heavy atom. The van der Waals surface area contributed by atoms with Gasteiger partial charge in [0, 0.05) is 0 Å². The van der Waals surface area contributed by atoms with Crippen molar-refractivity contribution in [3.63, 3.8) is 0 Å². The van der Waals surface area contributed by atoms with Crippen LogP contribution in [0.5, 0.6) is 0 Å². The third-order valence-corrected chi connectivity index (χ3v) is 9.32. The molecule has 0 N–H and O–H groups in total. The van der Waals surface area contributed by atoms with Crippen molar-refractivity contribution in [2.45, 2.75) is 103 Å². The van der Waals surface area contributed by atoms with Crippen LogP contribution < -0.4 is 0 Å². The predicted octanol–water partition coefficient (Wildman–Crippen LogP) is 9.28. The lowest BCUT2D eigenvalue weighted by atomic mass is 9.69. The molecule has 1 aromatic carbocycles. The van der Waals surface area contributed by atoms with E-state index in [1.54, 1.807) is 6.07 Å². The van der Waals surface area contributed by atoms with E-state index < -0.39 is 11.6 Å². The second-order valence-corrected chi connectivity index (χ2v) is 11.3. The lowest BCUT2D eigenvalue weighted by Crippen LogP contribution is -2.25. The van der Waals surface area contributed by atoms with Crippen molar-refractivity contribution in [1.82, 2.24) is 0 Å². The van der Waals surface area contributed by atoms with Gasteiger partial charge < -0.3 is 0 Å². The Morgan fingerprint density at radius 2 is 1.22 bits per heavy atom. The number of hydrogen-bond acceptors (Lipinski definition) is 0. The zero-order valence-electron chi connectivity index (χ0n) is 20.2. The molecule has 3 aliphatic rings. The van der Waals surface area contributed by atoms with Crippen molar-refractivity contribution in [1.29, 1.82) is 0 Å². The fraction of sp³-hybridized carbons (Fsp3) is 0.733.